The summed E-state index contributed by atoms with van der Waals surface area (Å²) in [5, 5.41) is 0. The minimum absolute atomic E-state index is 0.149. The first kappa shape index (κ1) is 18.9. The van der Waals surface area contributed by atoms with Gasteiger partial charge in [0.1, 0.15) is 5.82 Å². The summed E-state index contributed by atoms with van der Waals surface area (Å²) >= 11 is 0. The largest absolute Gasteiger partial charge is 0.354 e. The summed E-state index contributed by atoms with van der Waals surface area (Å²) in [4.78, 5) is 24.2. The van der Waals surface area contributed by atoms with E-state index in [0.29, 0.717) is 5.92 Å². The fourth-order valence-electron chi connectivity index (χ4n) is 4.23. The highest BCUT2D eigenvalue weighted by Gasteiger charge is 2.24. The average molecular weight is 379 g/mol. The maximum Gasteiger partial charge on any atom is 0.254 e. The van der Waals surface area contributed by atoms with Crippen molar-refractivity contribution >= 4 is 11.7 Å². The molecule has 0 saturated carbocycles. The van der Waals surface area contributed by atoms with Crippen LogP contribution in [0.1, 0.15) is 28.8 Å². The lowest BCUT2D eigenvalue weighted by molar-refractivity contribution is 0.0690. The highest BCUT2D eigenvalue weighted by molar-refractivity contribution is 5.94. The number of carbonyl (C=O) groups is 1. The molecule has 148 valence electrons. The van der Waals surface area contributed by atoms with Crippen molar-refractivity contribution in [3.63, 3.8) is 0 Å². The second-order valence-corrected chi connectivity index (χ2v) is 8.12. The van der Waals surface area contributed by atoms with Crippen molar-refractivity contribution in [1.29, 1.82) is 0 Å². The summed E-state index contributed by atoms with van der Waals surface area (Å²) in [5.41, 5.74) is 2.17. The Morgan fingerprint density at radius 1 is 1.00 bits per heavy atom. The molecule has 5 nitrogen and oxygen atoms in total. The Kier molecular flexibility index (Phi) is 5.91. The number of likely N-dealkylation sites (tertiary alicyclic amines) is 1. The zero-order valence-electron chi connectivity index (χ0n) is 16.8. The number of nitrogens with zero attached hydrogens (tertiary/aromatic N) is 4. The van der Waals surface area contributed by atoms with Gasteiger partial charge in [-0.3, -0.25) is 4.79 Å². The van der Waals surface area contributed by atoms with E-state index in [0.717, 1.165) is 69.9 Å². The number of aromatic nitrogens is 1. The van der Waals surface area contributed by atoms with Crippen LogP contribution in [0.5, 0.6) is 0 Å². The lowest BCUT2D eigenvalue weighted by atomic mass is 9.90. The van der Waals surface area contributed by atoms with E-state index in [4.69, 9.17) is 0 Å². The van der Waals surface area contributed by atoms with Gasteiger partial charge in [-0.05, 0) is 49.9 Å². The summed E-state index contributed by atoms with van der Waals surface area (Å²) in [7, 11) is 2.14. The number of pyridine rings is 1. The van der Waals surface area contributed by atoms with Crippen molar-refractivity contribution in [3.8, 4) is 0 Å². The number of benzene rings is 1. The molecular formula is C23H30N4O. The molecule has 0 N–H and O–H groups in total. The van der Waals surface area contributed by atoms with E-state index >= 15 is 0 Å². The summed E-state index contributed by atoms with van der Waals surface area (Å²) in [5.74, 6) is 1.75. The first-order valence-electron chi connectivity index (χ1n) is 10.4. The van der Waals surface area contributed by atoms with Gasteiger partial charge in [-0.25, -0.2) is 4.98 Å². The van der Waals surface area contributed by atoms with Gasteiger partial charge in [0, 0.05) is 51.0 Å². The zero-order chi connectivity index (χ0) is 19.3. The quantitative estimate of drug-likeness (QED) is 0.820. The molecular weight excluding hydrogens is 348 g/mol. The van der Waals surface area contributed by atoms with Crippen LogP contribution < -0.4 is 4.90 Å². The molecule has 2 aliphatic heterocycles. The molecule has 2 saturated heterocycles. The van der Waals surface area contributed by atoms with E-state index in [1.165, 1.54) is 5.56 Å². The van der Waals surface area contributed by atoms with E-state index in [9.17, 15) is 4.79 Å². The van der Waals surface area contributed by atoms with Gasteiger partial charge in [-0.15, -0.1) is 0 Å². The molecule has 1 aromatic carbocycles. The van der Waals surface area contributed by atoms with Crippen LogP contribution in [0.4, 0.5) is 5.82 Å². The second kappa shape index (κ2) is 8.74. The summed E-state index contributed by atoms with van der Waals surface area (Å²) in [6, 6.07) is 14.5. The molecule has 0 bridgehead atoms. The first-order valence-corrected chi connectivity index (χ1v) is 10.4. The smallest absolute Gasteiger partial charge is 0.254 e. The van der Waals surface area contributed by atoms with Crippen LogP contribution in [0.15, 0.2) is 48.7 Å². The van der Waals surface area contributed by atoms with Gasteiger partial charge in [-0.2, -0.15) is 0 Å². The van der Waals surface area contributed by atoms with Gasteiger partial charge in [0.25, 0.3) is 5.91 Å². The Bertz CT molecular complexity index is 778. The molecule has 0 aliphatic carbocycles. The molecule has 0 spiro atoms. The molecule has 2 aromatic rings. The molecule has 1 aromatic heterocycles. The monoisotopic (exact) mass is 378 g/mol. The maximum absolute atomic E-state index is 13.0. The number of carbonyl (C=O) groups excluding carboxylic acids is 1. The number of anilines is 1. The molecule has 2 fully saturated rings. The van der Waals surface area contributed by atoms with Gasteiger partial charge in [-0.1, -0.05) is 30.3 Å². The van der Waals surface area contributed by atoms with Gasteiger partial charge in [0.15, 0.2) is 0 Å². The average Bonchev–Trinajstić information content (AvgIpc) is 2.75. The summed E-state index contributed by atoms with van der Waals surface area (Å²) in [6.45, 7) is 5.70. The predicted molar refractivity (Wildman–Crippen MR) is 113 cm³/mol. The third-order valence-electron chi connectivity index (χ3n) is 6.09. The third kappa shape index (κ3) is 4.53. The summed E-state index contributed by atoms with van der Waals surface area (Å²) in [6.07, 6.45) is 5.06. The van der Waals surface area contributed by atoms with E-state index in [1.54, 1.807) is 6.20 Å². The van der Waals surface area contributed by atoms with Gasteiger partial charge >= 0.3 is 0 Å². The Balaban J connectivity index is 1.34. The highest BCUT2D eigenvalue weighted by Crippen LogP contribution is 2.23. The van der Waals surface area contributed by atoms with Crippen molar-refractivity contribution in [2.24, 2.45) is 5.92 Å². The Morgan fingerprint density at radius 2 is 1.71 bits per heavy atom. The van der Waals surface area contributed by atoms with Crippen molar-refractivity contribution in [2.45, 2.75) is 19.3 Å². The fourth-order valence-corrected chi connectivity index (χ4v) is 4.23. The van der Waals surface area contributed by atoms with Crippen molar-refractivity contribution in [1.82, 2.24) is 14.8 Å². The zero-order valence-corrected chi connectivity index (χ0v) is 16.8. The standard InChI is InChI=1S/C23H30N4O/c1-25-13-15-26(16-14-25)22-18-21(7-10-24-22)23(28)27-11-8-20(9-12-27)17-19-5-3-2-4-6-19/h2-7,10,18,20H,8-9,11-17H2,1H3. The SMILES string of the molecule is CN1CCN(c2cc(C(=O)N3CCC(Cc4ccccc4)CC3)ccn2)CC1. The lowest BCUT2D eigenvalue weighted by Crippen LogP contribution is -2.45. The molecule has 0 atom stereocenters. The molecule has 5 heteroatoms. The van der Waals surface area contributed by atoms with Crippen LogP contribution in [-0.4, -0.2) is 67.0 Å². The van der Waals surface area contributed by atoms with Crippen LogP contribution in [0, 0.1) is 5.92 Å². The molecule has 4 rings (SSSR count). The topological polar surface area (TPSA) is 39.7 Å². The maximum atomic E-state index is 13.0. The molecule has 28 heavy (non-hydrogen) atoms. The van der Waals surface area contributed by atoms with Crippen molar-refractivity contribution in [3.05, 3.63) is 59.8 Å². The number of piperidine rings is 1. The van der Waals surface area contributed by atoms with E-state index in [-0.39, 0.29) is 5.91 Å². The molecule has 0 radical (unpaired) electrons. The first-order chi connectivity index (χ1) is 13.7. The van der Waals surface area contributed by atoms with Crippen LogP contribution >= 0.6 is 0 Å². The van der Waals surface area contributed by atoms with E-state index in [1.807, 2.05) is 17.0 Å². The van der Waals surface area contributed by atoms with Crippen LogP contribution in [0.3, 0.4) is 0 Å². The minimum Gasteiger partial charge on any atom is -0.354 e. The van der Waals surface area contributed by atoms with Crippen molar-refractivity contribution in [2.75, 3.05) is 51.2 Å². The van der Waals surface area contributed by atoms with E-state index in [2.05, 4.69) is 52.2 Å². The second-order valence-electron chi connectivity index (χ2n) is 8.12. The number of amides is 1. The summed E-state index contributed by atoms with van der Waals surface area (Å²) < 4.78 is 0. The van der Waals surface area contributed by atoms with Crippen LogP contribution in [0.25, 0.3) is 0 Å². The van der Waals surface area contributed by atoms with E-state index < -0.39 is 0 Å². The number of piperazine rings is 1. The molecule has 3 heterocycles. The molecule has 0 unspecified atom stereocenters. The molecule has 1 amide bonds. The highest BCUT2D eigenvalue weighted by atomic mass is 16.2. The predicted octanol–water partition coefficient (Wildman–Crippen LogP) is 2.93. The lowest BCUT2D eigenvalue weighted by Gasteiger charge is -2.34. The van der Waals surface area contributed by atoms with Gasteiger partial charge in [0.2, 0.25) is 0 Å². The number of likely N-dealkylation sites (N-methyl/N-ethyl adjacent to an activating group) is 1. The fraction of sp³-hybridized carbons (Fsp3) is 0.478. The van der Waals surface area contributed by atoms with Crippen LogP contribution in [0.2, 0.25) is 0 Å². The Morgan fingerprint density at radius 3 is 2.43 bits per heavy atom. The van der Waals surface area contributed by atoms with Gasteiger partial charge < -0.3 is 14.7 Å². The van der Waals surface area contributed by atoms with Crippen LogP contribution in [-0.2, 0) is 6.42 Å². The normalized spacial score (nSPS) is 19.0. The van der Waals surface area contributed by atoms with Crippen molar-refractivity contribution < 1.29 is 4.79 Å². The Hall–Kier alpha value is -2.40. The number of hydrogen-bond acceptors (Lipinski definition) is 4. The molecule has 2 aliphatic rings. The minimum atomic E-state index is 0.149. The number of rotatable bonds is 4. The Labute approximate surface area is 168 Å². The third-order valence-corrected chi connectivity index (χ3v) is 6.09. The number of hydrogen-bond donors (Lipinski definition) is 0. The van der Waals surface area contributed by atoms with Gasteiger partial charge in [0.05, 0.1) is 0 Å².